The molecule has 6 heteroatoms. The first-order valence-electron chi connectivity index (χ1n) is 8.43. The Hall–Kier alpha value is -2.08. The third kappa shape index (κ3) is 3.11. The Kier molecular flexibility index (Phi) is 4.49. The van der Waals surface area contributed by atoms with E-state index in [2.05, 4.69) is 5.32 Å². The van der Waals surface area contributed by atoms with Crippen molar-refractivity contribution in [2.45, 2.75) is 39.7 Å². The molecule has 2 amide bonds. The van der Waals surface area contributed by atoms with Crippen molar-refractivity contribution in [3.05, 3.63) is 18.2 Å². The molecule has 3 rings (SSSR count). The fourth-order valence-corrected chi connectivity index (χ4v) is 3.05. The average molecular weight is 332 g/mol. The maximum Gasteiger partial charge on any atom is 0.253 e. The van der Waals surface area contributed by atoms with Crippen LogP contribution in [0.5, 0.6) is 5.75 Å². The second-order valence-corrected chi connectivity index (χ2v) is 6.90. The molecule has 2 aliphatic rings. The van der Waals surface area contributed by atoms with Gasteiger partial charge in [0, 0.05) is 24.9 Å². The van der Waals surface area contributed by atoms with E-state index in [1.165, 1.54) is 0 Å². The summed E-state index contributed by atoms with van der Waals surface area (Å²) < 4.78 is 11.3. The Bertz CT molecular complexity index is 650. The molecule has 0 bridgehead atoms. The van der Waals surface area contributed by atoms with E-state index >= 15 is 0 Å². The van der Waals surface area contributed by atoms with Crippen LogP contribution < -0.4 is 15.0 Å². The smallest absolute Gasteiger partial charge is 0.253 e. The Labute approximate surface area is 142 Å². The molecule has 1 fully saturated rings. The highest BCUT2D eigenvalue weighted by molar-refractivity contribution is 6.00. The summed E-state index contributed by atoms with van der Waals surface area (Å²) in [6, 6.07) is 5.39. The minimum atomic E-state index is -0.587. The minimum Gasteiger partial charge on any atom is -0.490 e. The molecule has 1 unspecified atom stereocenters. The van der Waals surface area contributed by atoms with Gasteiger partial charge in [0.05, 0.1) is 11.1 Å². The summed E-state index contributed by atoms with van der Waals surface area (Å²) in [5.41, 5.74) is 0.802. The van der Waals surface area contributed by atoms with E-state index in [1.807, 2.05) is 26.8 Å². The van der Waals surface area contributed by atoms with Gasteiger partial charge in [-0.1, -0.05) is 0 Å². The summed E-state index contributed by atoms with van der Waals surface area (Å²) in [7, 11) is 0. The van der Waals surface area contributed by atoms with Crippen LogP contribution in [0, 0.1) is 5.41 Å². The number of benzene rings is 1. The number of rotatable bonds is 3. The molecule has 0 aliphatic carbocycles. The highest BCUT2D eigenvalue weighted by Crippen LogP contribution is 2.38. The quantitative estimate of drug-likeness (QED) is 0.924. The van der Waals surface area contributed by atoms with Gasteiger partial charge in [0.2, 0.25) is 5.91 Å². The Balaban J connectivity index is 1.84. The molecule has 6 nitrogen and oxygen atoms in total. The maximum absolute atomic E-state index is 12.7. The molecule has 0 saturated carbocycles. The first-order chi connectivity index (χ1) is 11.4. The summed E-state index contributed by atoms with van der Waals surface area (Å²) in [6.07, 6.45) is 1.28. The first kappa shape index (κ1) is 16.8. The molecule has 24 heavy (non-hydrogen) atoms. The van der Waals surface area contributed by atoms with Crippen LogP contribution in [0.1, 0.15) is 33.6 Å². The summed E-state index contributed by atoms with van der Waals surface area (Å²) in [5.74, 6) is 0.519. The van der Waals surface area contributed by atoms with E-state index in [0.717, 1.165) is 18.5 Å². The summed E-state index contributed by atoms with van der Waals surface area (Å²) in [4.78, 5) is 26.6. The Morgan fingerprint density at radius 2 is 2.21 bits per heavy atom. The third-order valence-electron chi connectivity index (χ3n) is 4.47. The molecule has 130 valence electrons. The number of anilines is 2. The predicted octanol–water partition coefficient (Wildman–Crippen LogP) is 2.58. The molecule has 1 N–H and O–H groups in total. The molecule has 1 saturated heterocycles. The number of carbonyl (C=O) groups is 2. The predicted molar refractivity (Wildman–Crippen MR) is 91.3 cm³/mol. The van der Waals surface area contributed by atoms with Crippen LogP contribution in [0.4, 0.5) is 11.4 Å². The van der Waals surface area contributed by atoms with Gasteiger partial charge in [-0.05, 0) is 45.7 Å². The normalized spacial score (nSPS) is 22.5. The van der Waals surface area contributed by atoms with Crippen LogP contribution in [0.3, 0.4) is 0 Å². The first-order valence-corrected chi connectivity index (χ1v) is 8.43. The number of hydrogen-bond acceptors (Lipinski definition) is 4. The molecule has 2 heterocycles. The van der Waals surface area contributed by atoms with Gasteiger partial charge in [0.25, 0.3) is 5.91 Å². The van der Waals surface area contributed by atoms with E-state index in [9.17, 15) is 9.59 Å². The minimum absolute atomic E-state index is 0.0416. The van der Waals surface area contributed by atoms with Crippen LogP contribution in [0.2, 0.25) is 0 Å². The highest BCUT2D eigenvalue weighted by atomic mass is 16.5. The highest BCUT2D eigenvalue weighted by Gasteiger charge is 2.37. The SMILES string of the molecule is CCN1C(=O)C(C)(C)COc2cc(NC(=O)C3CCCO3)ccc21. The topological polar surface area (TPSA) is 67.9 Å². The zero-order valence-electron chi connectivity index (χ0n) is 14.4. The van der Waals surface area contributed by atoms with Gasteiger partial charge in [0.15, 0.2) is 0 Å². The number of nitrogens with one attached hydrogen (secondary N) is 1. The van der Waals surface area contributed by atoms with Gasteiger partial charge in [-0.25, -0.2) is 0 Å². The van der Waals surface area contributed by atoms with E-state index < -0.39 is 5.41 Å². The van der Waals surface area contributed by atoms with Crippen molar-refractivity contribution >= 4 is 23.2 Å². The number of carbonyl (C=O) groups excluding carboxylic acids is 2. The number of fused-ring (bicyclic) bond motifs is 1. The molecular formula is C18H24N2O4. The molecule has 0 spiro atoms. The fraction of sp³-hybridized carbons (Fsp3) is 0.556. The van der Waals surface area contributed by atoms with Gasteiger partial charge in [-0.3, -0.25) is 9.59 Å². The van der Waals surface area contributed by atoms with Crippen LogP contribution >= 0.6 is 0 Å². The summed E-state index contributed by atoms with van der Waals surface area (Å²) in [6.45, 7) is 7.21. The lowest BCUT2D eigenvalue weighted by Crippen LogP contribution is -2.42. The van der Waals surface area contributed by atoms with Crippen LogP contribution in [0.15, 0.2) is 18.2 Å². The maximum atomic E-state index is 12.7. The number of hydrogen-bond donors (Lipinski definition) is 1. The van der Waals surface area contributed by atoms with Crippen molar-refractivity contribution < 1.29 is 19.1 Å². The lowest BCUT2D eigenvalue weighted by atomic mass is 9.93. The zero-order valence-corrected chi connectivity index (χ0v) is 14.4. The molecule has 2 aliphatic heterocycles. The van der Waals surface area contributed by atoms with E-state index in [1.54, 1.807) is 17.0 Å². The van der Waals surface area contributed by atoms with E-state index in [0.29, 0.717) is 31.2 Å². The van der Waals surface area contributed by atoms with Crippen molar-refractivity contribution in [2.75, 3.05) is 30.0 Å². The van der Waals surface area contributed by atoms with Gasteiger partial charge in [-0.15, -0.1) is 0 Å². The number of ether oxygens (including phenoxy) is 2. The number of amides is 2. The molecule has 0 aromatic heterocycles. The standard InChI is InChI=1S/C18H24N2O4/c1-4-20-13-8-7-12(19-16(21)14-6-5-9-23-14)10-15(13)24-11-18(2,3)17(20)22/h7-8,10,14H,4-6,9,11H2,1-3H3,(H,19,21). The second kappa shape index (κ2) is 6.43. The Morgan fingerprint density at radius 1 is 1.42 bits per heavy atom. The molecular weight excluding hydrogens is 308 g/mol. The average Bonchev–Trinajstić information content (AvgIpc) is 3.06. The van der Waals surface area contributed by atoms with Gasteiger partial charge < -0.3 is 19.7 Å². The van der Waals surface area contributed by atoms with Gasteiger partial charge >= 0.3 is 0 Å². The molecule has 1 atom stereocenters. The lowest BCUT2D eigenvalue weighted by Gasteiger charge is -2.26. The Morgan fingerprint density at radius 3 is 2.88 bits per heavy atom. The third-order valence-corrected chi connectivity index (χ3v) is 4.47. The van der Waals surface area contributed by atoms with Crippen molar-refractivity contribution in [1.82, 2.24) is 0 Å². The van der Waals surface area contributed by atoms with Crippen LogP contribution in [-0.4, -0.2) is 37.7 Å². The van der Waals surface area contributed by atoms with Crippen molar-refractivity contribution in [3.8, 4) is 5.75 Å². The van der Waals surface area contributed by atoms with Gasteiger partial charge in [0.1, 0.15) is 18.5 Å². The van der Waals surface area contributed by atoms with Gasteiger partial charge in [-0.2, -0.15) is 0 Å². The molecule has 1 aromatic carbocycles. The van der Waals surface area contributed by atoms with E-state index in [4.69, 9.17) is 9.47 Å². The van der Waals surface area contributed by atoms with Crippen LogP contribution in [0.25, 0.3) is 0 Å². The van der Waals surface area contributed by atoms with Crippen molar-refractivity contribution in [3.63, 3.8) is 0 Å². The monoisotopic (exact) mass is 332 g/mol. The van der Waals surface area contributed by atoms with E-state index in [-0.39, 0.29) is 17.9 Å². The number of nitrogens with zero attached hydrogens (tertiary/aromatic N) is 1. The fourth-order valence-electron chi connectivity index (χ4n) is 3.05. The molecule has 0 radical (unpaired) electrons. The van der Waals surface area contributed by atoms with Crippen molar-refractivity contribution in [1.29, 1.82) is 0 Å². The largest absolute Gasteiger partial charge is 0.490 e. The van der Waals surface area contributed by atoms with Crippen LogP contribution in [-0.2, 0) is 14.3 Å². The summed E-state index contributed by atoms with van der Waals surface area (Å²) in [5, 5.41) is 2.87. The summed E-state index contributed by atoms with van der Waals surface area (Å²) >= 11 is 0. The lowest BCUT2D eigenvalue weighted by molar-refractivity contribution is -0.127. The second-order valence-electron chi connectivity index (χ2n) is 6.90. The zero-order chi connectivity index (χ0) is 17.3. The van der Waals surface area contributed by atoms with Crippen molar-refractivity contribution in [2.24, 2.45) is 5.41 Å². The molecule has 1 aromatic rings.